The molecule has 0 radical (unpaired) electrons. The van der Waals surface area contributed by atoms with Gasteiger partial charge in [0, 0.05) is 23.9 Å². The number of hydrogen-bond acceptors (Lipinski definition) is 6. The smallest absolute Gasteiger partial charge is 0.245 e. The number of hydrogen-bond donors (Lipinski definition) is 2. The number of sulfonamides is 1. The summed E-state index contributed by atoms with van der Waals surface area (Å²) in [6.07, 6.45) is 1.40. The Morgan fingerprint density at radius 2 is 1.94 bits per heavy atom. The second-order valence-corrected chi connectivity index (χ2v) is 10.2. The minimum Gasteiger partial charge on any atom is -0.354 e. The number of nitrogens with zero attached hydrogens (tertiary/aromatic N) is 3. The molecule has 2 N–H and O–H groups in total. The number of nitrogens with one attached hydrogen (secondary N) is 2. The first-order valence-electron chi connectivity index (χ1n) is 9.10. The van der Waals surface area contributed by atoms with Gasteiger partial charge in [-0.15, -0.1) is 0 Å². The van der Waals surface area contributed by atoms with Gasteiger partial charge in [-0.1, -0.05) is 65.3 Å². The fourth-order valence-electron chi connectivity index (χ4n) is 2.64. The predicted octanol–water partition coefficient (Wildman–Crippen LogP) is 3.21. The second-order valence-electron chi connectivity index (χ2n) is 6.32. The molecule has 1 amide bonds. The molecule has 0 spiro atoms. The van der Waals surface area contributed by atoms with Crippen LogP contribution in [0, 0.1) is 0 Å². The van der Waals surface area contributed by atoms with Crippen molar-refractivity contribution in [3.05, 3.63) is 70.5 Å². The Morgan fingerprint density at radius 3 is 2.65 bits per heavy atom. The highest BCUT2D eigenvalue weighted by Crippen LogP contribution is 2.28. The highest BCUT2D eigenvalue weighted by molar-refractivity contribution is 7.99. The summed E-state index contributed by atoms with van der Waals surface area (Å²) in [7, 11) is -4.09. The summed E-state index contributed by atoms with van der Waals surface area (Å²) in [5.74, 6) is 0.114. The molecule has 0 aliphatic rings. The van der Waals surface area contributed by atoms with Crippen LogP contribution in [0.3, 0.4) is 0 Å². The molecule has 31 heavy (non-hydrogen) atoms. The molecule has 0 fully saturated rings. The molecule has 0 atom stereocenters. The maximum Gasteiger partial charge on any atom is 0.245 e. The molecular formula is C19H19Cl2N5O3S2. The number of H-pyrrole nitrogens is 1. The summed E-state index contributed by atoms with van der Waals surface area (Å²) < 4.78 is 27.7. The summed E-state index contributed by atoms with van der Waals surface area (Å²) in [6, 6.07) is 13.2. The normalized spacial score (nSPS) is 11.6. The lowest BCUT2D eigenvalue weighted by Crippen LogP contribution is -2.41. The van der Waals surface area contributed by atoms with E-state index in [9.17, 15) is 13.2 Å². The number of carbonyl (C=O) groups is 1. The van der Waals surface area contributed by atoms with Crippen molar-refractivity contribution >= 4 is 50.9 Å². The lowest BCUT2D eigenvalue weighted by Gasteiger charge is -2.22. The van der Waals surface area contributed by atoms with Gasteiger partial charge in [-0.25, -0.2) is 13.4 Å². The Balaban J connectivity index is 1.73. The molecule has 0 aliphatic heterocycles. The Morgan fingerprint density at radius 1 is 1.16 bits per heavy atom. The Hall–Kier alpha value is -2.11. The van der Waals surface area contributed by atoms with Crippen molar-refractivity contribution in [3.8, 4) is 0 Å². The zero-order valence-corrected chi connectivity index (χ0v) is 19.3. The third-order valence-electron chi connectivity index (χ3n) is 4.09. The first-order chi connectivity index (χ1) is 14.9. The number of halogens is 2. The van der Waals surface area contributed by atoms with E-state index in [2.05, 4.69) is 20.5 Å². The number of aromatic nitrogens is 3. The molecule has 0 aliphatic carbocycles. The third kappa shape index (κ3) is 6.68. The van der Waals surface area contributed by atoms with Crippen LogP contribution in [0.5, 0.6) is 0 Å². The van der Waals surface area contributed by atoms with E-state index in [-0.39, 0.29) is 28.0 Å². The van der Waals surface area contributed by atoms with Crippen LogP contribution in [-0.2, 0) is 21.4 Å². The third-order valence-corrected chi connectivity index (χ3v) is 7.48. The topological polar surface area (TPSA) is 108 Å². The van der Waals surface area contributed by atoms with Crippen LogP contribution >= 0.6 is 35.0 Å². The minimum atomic E-state index is -4.09. The van der Waals surface area contributed by atoms with Crippen molar-refractivity contribution in [1.29, 1.82) is 0 Å². The maximum absolute atomic E-state index is 13.3. The van der Waals surface area contributed by atoms with E-state index in [4.69, 9.17) is 23.2 Å². The lowest BCUT2D eigenvalue weighted by molar-refractivity contribution is -0.121. The minimum absolute atomic E-state index is 0.00620. The highest BCUT2D eigenvalue weighted by Gasteiger charge is 2.29. The molecule has 8 nitrogen and oxygen atoms in total. The summed E-state index contributed by atoms with van der Waals surface area (Å²) in [5.41, 5.74) is 0.734. The Bertz CT molecular complexity index is 1110. The van der Waals surface area contributed by atoms with Crippen molar-refractivity contribution in [3.63, 3.8) is 0 Å². The van der Waals surface area contributed by atoms with E-state index in [0.717, 1.165) is 9.87 Å². The van der Waals surface area contributed by atoms with Crippen LogP contribution in [0.25, 0.3) is 0 Å². The van der Waals surface area contributed by atoms with E-state index >= 15 is 0 Å². The average Bonchev–Trinajstić information content (AvgIpc) is 3.27. The molecule has 3 rings (SSSR count). The van der Waals surface area contributed by atoms with Gasteiger partial charge in [0.2, 0.25) is 15.9 Å². The molecule has 1 heterocycles. The first kappa shape index (κ1) is 23.6. The molecule has 0 unspecified atom stereocenters. The number of thioether (sulfide) groups is 1. The molecule has 0 bridgehead atoms. The Labute approximate surface area is 194 Å². The van der Waals surface area contributed by atoms with Gasteiger partial charge >= 0.3 is 0 Å². The van der Waals surface area contributed by atoms with E-state index in [1.165, 1.54) is 36.3 Å². The van der Waals surface area contributed by atoms with Crippen molar-refractivity contribution in [2.75, 3.05) is 18.8 Å². The zero-order valence-electron chi connectivity index (χ0n) is 16.2. The summed E-state index contributed by atoms with van der Waals surface area (Å²) in [4.78, 5) is 16.3. The van der Waals surface area contributed by atoms with Crippen LogP contribution in [0.15, 0.2) is 64.9 Å². The Kier molecular flexibility index (Phi) is 8.33. The van der Waals surface area contributed by atoms with Gasteiger partial charge in [-0.05, 0) is 23.8 Å². The van der Waals surface area contributed by atoms with Crippen LogP contribution in [0.4, 0.5) is 0 Å². The van der Waals surface area contributed by atoms with Gasteiger partial charge in [0.05, 0.1) is 11.6 Å². The number of aromatic amines is 1. The molecule has 1 aromatic heterocycles. The van der Waals surface area contributed by atoms with Crippen LogP contribution < -0.4 is 5.32 Å². The summed E-state index contributed by atoms with van der Waals surface area (Å²) in [5, 5.41) is 10.1. The monoisotopic (exact) mass is 499 g/mol. The number of rotatable bonds is 10. The number of amides is 1. The van der Waals surface area contributed by atoms with Crippen LogP contribution in [0.1, 0.15) is 5.56 Å². The van der Waals surface area contributed by atoms with Gasteiger partial charge in [-0.2, -0.15) is 9.40 Å². The molecule has 0 saturated carbocycles. The van der Waals surface area contributed by atoms with Crippen molar-refractivity contribution < 1.29 is 13.2 Å². The second kappa shape index (κ2) is 11.0. The van der Waals surface area contributed by atoms with E-state index in [1.54, 1.807) is 24.3 Å². The lowest BCUT2D eigenvalue weighted by atomic mass is 10.2. The quantitative estimate of drug-likeness (QED) is 0.327. The van der Waals surface area contributed by atoms with Crippen LogP contribution in [0.2, 0.25) is 10.0 Å². The van der Waals surface area contributed by atoms with Gasteiger partial charge in [0.25, 0.3) is 0 Å². The van der Waals surface area contributed by atoms with E-state index in [0.29, 0.717) is 17.5 Å². The van der Waals surface area contributed by atoms with Gasteiger partial charge in [-0.3, -0.25) is 9.89 Å². The molecule has 164 valence electrons. The fourth-order valence-corrected chi connectivity index (χ4v) is 5.40. The first-order valence-corrected chi connectivity index (χ1v) is 12.3. The SMILES string of the molecule is O=C(CN(Cc1ccccc1)S(=O)(=O)c1cc(Cl)ccc1Cl)NCCSc1ncn[nH]1. The molecule has 3 aromatic rings. The highest BCUT2D eigenvalue weighted by atomic mass is 35.5. The van der Waals surface area contributed by atoms with E-state index in [1.807, 2.05) is 6.07 Å². The number of benzene rings is 2. The fraction of sp³-hybridized carbons (Fsp3) is 0.211. The van der Waals surface area contributed by atoms with Crippen molar-refractivity contribution in [2.45, 2.75) is 16.6 Å². The summed E-state index contributed by atoms with van der Waals surface area (Å²) in [6.45, 7) is -0.0271. The van der Waals surface area contributed by atoms with Crippen molar-refractivity contribution in [1.82, 2.24) is 24.8 Å². The summed E-state index contributed by atoms with van der Waals surface area (Å²) >= 11 is 13.5. The molecule has 2 aromatic carbocycles. The van der Waals surface area contributed by atoms with Gasteiger partial charge in [0.15, 0.2) is 5.16 Å². The van der Waals surface area contributed by atoms with E-state index < -0.39 is 15.9 Å². The predicted molar refractivity (Wildman–Crippen MR) is 121 cm³/mol. The molecule has 0 saturated heterocycles. The standard InChI is InChI=1S/C19H19Cl2N5O3S2/c20-15-6-7-16(21)17(10-15)31(28,29)26(11-14-4-2-1-3-5-14)12-18(27)22-8-9-30-19-23-13-24-25-19/h1-7,10,13H,8-9,11-12H2,(H,22,27)(H,23,24,25). The largest absolute Gasteiger partial charge is 0.354 e. The average molecular weight is 500 g/mol. The van der Waals surface area contributed by atoms with Crippen molar-refractivity contribution in [2.24, 2.45) is 0 Å². The van der Waals surface area contributed by atoms with Gasteiger partial charge < -0.3 is 5.32 Å². The zero-order chi connectivity index (χ0) is 22.3. The van der Waals surface area contributed by atoms with Gasteiger partial charge in [0.1, 0.15) is 11.2 Å². The number of carbonyl (C=O) groups excluding carboxylic acids is 1. The maximum atomic E-state index is 13.3. The van der Waals surface area contributed by atoms with Crippen LogP contribution in [-0.4, -0.2) is 52.7 Å². The molecule has 12 heteroatoms. The molecular weight excluding hydrogens is 481 g/mol.